The molecule has 2 aromatic rings. The van der Waals surface area contributed by atoms with Gasteiger partial charge in [0.1, 0.15) is 11.6 Å². The second-order valence-corrected chi connectivity index (χ2v) is 5.24. The van der Waals surface area contributed by atoms with Crippen molar-refractivity contribution in [2.45, 2.75) is 26.3 Å². The number of nitrogens with zero attached hydrogens (tertiary/aromatic N) is 3. The van der Waals surface area contributed by atoms with Crippen LogP contribution in [0.25, 0.3) is 6.08 Å². The number of carbonyl (C=O) groups is 1. The van der Waals surface area contributed by atoms with Crippen LogP contribution in [0.15, 0.2) is 48.3 Å². The van der Waals surface area contributed by atoms with Crippen LogP contribution < -0.4 is 5.32 Å². The lowest BCUT2D eigenvalue weighted by Crippen LogP contribution is -2.25. The molecule has 0 aliphatic rings. The summed E-state index contributed by atoms with van der Waals surface area (Å²) in [6.45, 7) is 3.29. The minimum atomic E-state index is -0.336. The maximum absolute atomic E-state index is 11.9. The molecule has 1 heterocycles. The monoisotopic (exact) mass is 308 g/mol. The zero-order valence-corrected chi connectivity index (χ0v) is 13.2. The fourth-order valence-corrected chi connectivity index (χ4v) is 2.10. The van der Waals surface area contributed by atoms with Gasteiger partial charge in [0.2, 0.25) is 0 Å². The van der Waals surface area contributed by atoms with E-state index in [0.29, 0.717) is 13.1 Å². The lowest BCUT2D eigenvalue weighted by molar-refractivity contribution is -0.117. The molecule has 0 bridgehead atoms. The highest BCUT2D eigenvalue weighted by molar-refractivity contribution is 6.01. The molecule has 0 atom stereocenters. The minimum Gasteiger partial charge on any atom is -0.351 e. The van der Waals surface area contributed by atoms with Gasteiger partial charge in [-0.15, -0.1) is 0 Å². The Morgan fingerprint density at radius 3 is 2.87 bits per heavy atom. The molecule has 1 amide bonds. The number of unbranched alkanes of at least 4 members (excludes halogenated alkanes) is 1. The number of nitrogens with one attached hydrogen (secondary N) is 1. The maximum atomic E-state index is 11.9. The number of aromatic nitrogens is 2. The summed E-state index contributed by atoms with van der Waals surface area (Å²) in [5, 5.41) is 16.2. The van der Waals surface area contributed by atoms with Crippen LogP contribution in [0.5, 0.6) is 0 Å². The lowest BCUT2D eigenvalue weighted by Gasteiger charge is -2.02. The summed E-state index contributed by atoms with van der Waals surface area (Å²) < 4.78 is 1.78. The van der Waals surface area contributed by atoms with E-state index in [1.165, 1.54) is 0 Å². The van der Waals surface area contributed by atoms with Gasteiger partial charge in [-0.2, -0.15) is 10.4 Å². The zero-order valence-electron chi connectivity index (χ0n) is 13.2. The largest absolute Gasteiger partial charge is 0.351 e. The van der Waals surface area contributed by atoms with Crippen molar-refractivity contribution < 1.29 is 4.79 Å². The summed E-state index contributed by atoms with van der Waals surface area (Å²) in [7, 11) is 0. The molecule has 0 spiro atoms. The smallest absolute Gasteiger partial charge is 0.261 e. The van der Waals surface area contributed by atoms with E-state index in [0.717, 1.165) is 24.0 Å². The van der Waals surface area contributed by atoms with Crippen LogP contribution in [-0.2, 0) is 11.3 Å². The number of amides is 1. The summed E-state index contributed by atoms with van der Waals surface area (Å²) in [6.07, 6.45) is 6.94. The molecule has 0 aliphatic heterocycles. The van der Waals surface area contributed by atoms with Crippen molar-refractivity contribution in [1.82, 2.24) is 15.1 Å². The van der Waals surface area contributed by atoms with E-state index in [-0.39, 0.29) is 11.5 Å². The molecule has 5 nitrogen and oxygen atoms in total. The van der Waals surface area contributed by atoms with Gasteiger partial charge in [-0.05, 0) is 18.1 Å². The van der Waals surface area contributed by atoms with Gasteiger partial charge in [0.15, 0.2) is 0 Å². The standard InChI is InChI=1S/C18H20N4O/c1-2-3-9-20-18(23)17(11-19)10-16-12-21-22(14-16)13-15-7-5-4-6-8-15/h4-8,10,12,14H,2-3,9,13H2,1H3,(H,20,23)/b17-10+. The number of nitriles is 1. The van der Waals surface area contributed by atoms with Crippen LogP contribution in [0, 0.1) is 11.3 Å². The second-order valence-electron chi connectivity index (χ2n) is 5.24. The van der Waals surface area contributed by atoms with Crippen LogP contribution >= 0.6 is 0 Å². The van der Waals surface area contributed by atoms with E-state index in [1.54, 1.807) is 17.0 Å². The SMILES string of the molecule is CCCCNC(=O)/C(C#N)=C/c1cnn(Cc2ccccc2)c1. The van der Waals surface area contributed by atoms with Gasteiger partial charge in [0.25, 0.3) is 5.91 Å². The first-order valence-corrected chi connectivity index (χ1v) is 7.69. The van der Waals surface area contributed by atoms with E-state index >= 15 is 0 Å². The van der Waals surface area contributed by atoms with Crippen molar-refractivity contribution in [1.29, 1.82) is 5.26 Å². The van der Waals surface area contributed by atoms with Crippen LogP contribution in [0.2, 0.25) is 0 Å². The Balaban J connectivity index is 2.03. The predicted molar refractivity (Wildman–Crippen MR) is 89.3 cm³/mol. The highest BCUT2D eigenvalue weighted by atomic mass is 16.1. The number of carbonyl (C=O) groups excluding carboxylic acids is 1. The van der Waals surface area contributed by atoms with E-state index < -0.39 is 0 Å². The molecular weight excluding hydrogens is 288 g/mol. The third kappa shape index (κ3) is 5.11. The molecule has 0 saturated heterocycles. The third-order valence-corrected chi connectivity index (χ3v) is 3.33. The van der Waals surface area contributed by atoms with E-state index in [4.69, 9.17) is 5.26 Å². The maximum Gasteiger partial charge on any atom is 0.261 e. The Labute approximate surface area is 136 Å². The van der Waals surface area contributed by atoms with Crippen molar-refractivity contribution >= 4 is 12.0 Å². The molecule has 0 radical (unpaired) electrons. The Bertz CT molecular complexity index is 710. The van der Waals surface area contributed by atoms with Gasteiger partial charge in [0, 0.05) is 18.3 Å². The molecule has 23 heavy (non-hydrogen) atoms. The van der Waals surface area contributed by atoms with Gasteiger partial charge in [-0.3, -0.25) is 9.48 Å². The molecule has 1 aromatic carbocycles. The molecule has 1 N–H and O–H groups in total. The highest BCUT2D eigenvalue weighted by Gasteiger charge is 2.08. The quantitative estimate of drug-likeness (QED) is 0.486. The van der Waals surface area contributed by atoms with Crippen molar-refractivity contribution in [3.63, 3.8) is 0 Å². The Morgan fingerprint density at radius 2 is 2.17 bits per heavy atom. The summed E-state index contributed by atoms with van der Waals surface area (Å²) in [5.74, 6) is -0.336. The van der Waals surface area contributed by atoms with Crippen molar-refractivity contribution in [3.05, 3.63) is 59.4 Å². The zero-order chi connectivity index (χ0) is 16.5. The summed E-state index contributed by atoms with van der Waals surface area (Å²) >= 11 is 0. The number of hydrogen-bond donors (Lipinski definition) is 1. The first kappa shape index (κ1) is 16.5. The molecule has 0 fully saturated rings. The first-order valence-electron chi connectivity index (χ1n) is 7.69. The number of hydrogen-bond acceptors (Lipinski definition) is 3. The van der Waals surface area contributed by atoms with Crippen LogP contribution in [0.4, 0.5) is 0 Å². The van der Waals surface area contributed by atoms with Crippen LogP contribution in [0.3, 0.4) is 0 Å². The molecule has 5 heteroatoms. The van der Waals surface area contributed by atoms with E-state index in [9.17, 15) is 4.79 Å². The van der Waals surface area contributed by atoms with Gasteiger partial charge in [-0.25, -0.2) is 0 Å². The average molecular weight is 308 g/mol. The second kappa shape index (κ2) is 8.54. The van der Waals surface area contributed by atoms with Gasteiger partial charge in [0.05, 0.1) is 12.7 Å². The highest BCUT2D eigenvalue weighted by Crippen LogP contribution is 2.08. The van der Waals surface area contributed by atoms with Crippen molar-refractivity contribution in [3.8, 4) is 6.07 Å². The van der Waals surface area contributed by atoms with Gasteiger partial charge < -0.3 is 5.32 Å². The molecule has 118 valence electrons. The summed E-state index contributed by atoms with van der Waals surface area (Å²) in [5.41, 5.74) is 1.98. The van der Waals surface area contributed by atoms with E-state index in [2.05, 4.69) is 10.4 Å². The molecular formula is C18H20N4O. The molecule has 2 rings (SSSR count). The fourth-order valence-electron chi connectivity index (χ4n) is 2.10. The lowest BCUT2D eigenvalue weighted by atomic mass is 10.2. The predicted octanol–water partition coefficient (Wildman–Crippen LogP) is 2.75. The third-order valence-electron chi connectivity index (χ3n) is 3.33. The summed E-state index contributed by atoms with van der Waals surface area (Å²) in [4.78, 5) is 11.9. The topological polar surface area (TPSA) is 70.7 Å². The normalized spacial score (nSPS) is 11.0. The van der Waals surface area contributed by atoms with Crippen LogP contribution in [-0.4, -0.2) is 22.2 Å². The number of rotatable bonds is 7. The minimum absolute atomic E-state index is 0.0976. The van der Waals surface area contributed by atoms with Crippen molar-refractivity contribution in [2.75, 3.05) is 6.54 Å². The van der Waals surface area contributed by atoms with Crippen molar-refractivity contribution in [2.24, 2.45) is 0 Å². The molecule has 0 unspecified atom stereocenters. The van der Waals surface area contributed by atoms with E-state index in [1.807, 2.05) is 49.5 Å². The van der Waals surface area contributed by atoms with Gasteiger partial charge >= 0.3 is 0 Å². The Hall–Kier alpha value is -2.87. The van der Waals surface area contributed by atoms with Gasteiger partial charge in [-0.1, -0.05) is 43.7 Å². The van der Waals surface area contributed by atoms with Crippen LogP contribution in [0.1, 0.15) is 30.9 Å². The molecule has 1 aromatic heterocycles. The molecule has 0 saturated carbocycles. The Morgan fingerprint density at radius 1 is 1.39 bits per heavy atom. The summed E-state index contributed by atoms with van der Waals surface area (Å²) in [6, 6.07) is 11.9. The number of benzene rings is 1. The molecule has 0 aliphatic carbocycles. The Kier molecular flexibility index (Phi) is 6.13. The first-order chi connectivity index (χ1) is 11.2. The fraction of sp³-hybridized carbons (Fsp3) is 0.278. The average Bonchev–Trinajstić information content (AvgIpc) is 3.00.